The smallest absolute Gasteiger partial charge is 0.317 e. The summed E-state index contributed by atoms with van der Waals surface area (Å²) < 4.78 is 0. The Balaban J connectivity index is 1.43. The summed E-state index contributed by atoms with van der Waals surface area (Å²) in [6.07, 6.45) is 6.21. The number of carbonyl (C=O) groups excluding carboxylic acids is 1. The molecule has 0 heterocycles. The normalized spacial score (nSPS) is 28.1. The molecule has 3 saturated carbocycles. The average Bonchev–Trinajstić information content (AvgIpc) is 3.40. The first-order valence-electron chi connectivity index (χ1n) is 9.65. The van der Waals surface area contributed by atoms with Crippen molar-refractivity contribution in [2.45, 2.75) is 63.6 Å². The molecule has 0 bridgehead atoms. The predicted octanol–water partition coefficient (Wildman–Crippen LogP) is 1.02. The zero-order valence-corrected chi connectivity index (χ0v) is 15.0. The molecule has 3 rings (SSSR count). The number of urea groups is 1. The number of nitrogens with zero attached hydrogens (tertiary/aromatic N) is 1. The molecule has 142 valence electrons. The molecule has 0 aromatic rings. The van der Waals surface area contributed by atoms with E-state index in [9.17, 15) is 14.7 Å². The first-order chi connectivity index (χ1) is 12.0. The molecule has 0 aromatic carbocycles. The molecule has 7 nitrogen and oxygen atoms in total. The predicted molar refractivity (Wildman–Crippen MR) is 93.2 cm³/mol. The van der Waals surface area contributed by atoms with E-state index in [0.717, 1.165) is 25.7 Å². The number of amides is 2. The fourth-order valence-corrected chi connectivity index (χ4v) is 4.17. The van der Waals surface area contributed by atoms with Gasteiger partial charge in [0.05, 0.1) is 6.54 Å². The second-order valence-corrected chi connectivity index (χ2v) is 7.94. The third-order valence-corrected chi connectivity index (χ3v) is 6.04. The van der Waals surface area contributed by atoms with Gasteiger partial charge in [0, 0.05) is 30.7 Å². The quantitative estimate of drug-likeness (QED) is 0.470. The highest BCUT2D eigenvalue weighted by Gasteiger charge is 2.44. The lowest BCUT2D eigenvalue weighted by Gasteiger charge is -2.42. The summed E-state index contributed by atoms with van der Waals surface area (Å²) in [5.74, 6) is 0.471. The zero-order chi connectivity index (χ0) is 18.0. The van der Waals surface area contributed by atoms with Gasteiger partial charge in [-0.15, -0.1) is 0 Å². The Kier molecular flexibility index (Phi) is 5.84. The maximum absolute atomic E-state index is 12.4. The minimum absolute atomic E-state index is 0.0589. The van der Waals surface area contributed by atoms with Crippen molar-refractivity contribution in [2.75, 3.05) is 19.7 Å². The maximum atomic E-state index is 12.4. The molecule has 0 saturated heterocycles. The number of aliphatic carboxylic acids is 1. The molecule has 2 amide bonds. The average molecular weight is 353 g/mol. The first kappa shape index (κ1) is 18.5. The molecule has 7 heteroatoms. The van der Waals surface area contributed by atoms with E-state index in [1.807, 2.05) is 11.8 Å². The van der Waals surface area contributed by atoms with Gasteiger partial charge in [-0.2, -0.15) is 0 Å². The van der Waals surface area contributed by atoms with Gasteiger partial charge in [-0.05, 0) is 56.9 Å². The second-order valence-electron chi connectivity index (χ2n) is 7.94. The number of carboxylic acid groups (broad SMARTS) is 1. The highest BCUT2D eigenvalue weighted by molar-refractivity contribution is 5.75. The summed E-state index contributed by atoms with van der Waals surface area (Å²) in [6, 6.07) is 0.303. The lowest BCUT2D eigenvalue weighted by molar-refractivity contribution is -0.139. The minimum atomic E-state index is -0.807. The molecule has 0 spiro atoms. The number of hydrogen-bond acceptors (Lipinski definition) is 4. The van der Waals surface area contributed by atoms with Crippen LogP contribution in [0.25, 0.3) is 0 Å². The number of rotatable bonds is 10. The molecular formula is C18H31N3O4. The maximum Gasteiger partial charge on any atom is 0.317 e. The van der Waals surface area contributed by atoms with Crippen LogP contribution < -0.4 is 10.6 Å². The summed E-state index contributed by atoms with van der Waals surface area (Å²) in [7, 11) is 0. The molecule has 0 aromatic heterocycles. The standard InChI is InChI=1S/C18H31N3O4/c1-2-21(9-16(23)24)14-7-13(8-14)19-18(25)20-17(12-5-6-12)15(10-22)11-3-4-11/h11-15,17,22H,2-10H2,1H3,(H,23,24)(H2,19,20,25). The molecular weight excluding hydrogens is 322 g/mol. The van der Waals surface area contributed by atoms with Crippen molar-refractivity contribution in [3.63, 3.8) is 0 Å². The molecule has 3 aliphatic rings. The van der Waals surface area contributed by atoms with Crippen molar-refractivity contribution in [1.82, 2.24) is 15.5 Å². The number of carboxylic acids is 1. The first-order valence-corrected chi connectivity index (χ1v) is 9.65. The fraction of sp³-hybridized carbons (Fsp3) is 0.889. The van der Waals surface area contributed by atoms with E-state index in [2.05, 4.69) is 10.6 Å². The Bertz CT molecular complexity index is 487. The van der Waals surface area contributed by atoms with Crippen LogP contribution in [-0.4, -0.2) is 64.9 Å². The zero-order valence-electron chi connectivity index (χ0n) is 15.0. The van der Waals surface area contributed by atoms with Crippen LogP contribution in [0.3, 0.4) is 0 Å². The molecule has 3 fully saturated rings. The van der Waals surface area contributed by atoms with Gasteiger partial charge in [-0.25, -0.2) is 4.79 Å². The van der Waals surface area contributed by atoms with Gasteiger partial charge in [-0.3, -0.25) is 9.69 Å². The van der Waals surface area contributed by atoms with Gasteiger partial charge in [-0.1, -0.05) is 6.92 Å². The Labute approximate surface area is 149 Å². The van der Waals surface area contributed by atoms with Crippen LogP contribution in [0.15, 0.2) is 0 Å². The third kappa shape index (κ3) is 4.85. The van der Waals surface area contributed by atoms with Crippen molar-refractivity contribution in [2.24, 2.45) is 17.8 Å². The van der Waals surface area contributed by atoms with Crippen molar-refractivity contribution in [3.05, 3.63) is 0 Å². The number of likely N-dealkylation sites (N-methyl/N-ethyl adjacent to an activating group) is 1. The van der Waals surface area contributed by atoms with Crippen LogP contribution in [0, 0.1) is 17.8 Å². The van der Waals surface area contributed by atoms with Gasteiger partial charge < -0.3 is 20.8 Å². The van der Waals surface area contributed by atoms with Crippen LogP contribution in [0.4, 0.5) is 4.79 Å². The van der Waals surface area contributed by atoms with Crippen LogP contribution >= 0.6 is 0 Å². The third-order valence-electron chi connectivity index (χ3n) is 6.04. The van der Waals surface area contributed by atoms with Crippen molar-refractivity contribution in [3.8, 4) is 0 Å². The number of aliphatic hydroxyl groups excluding tert-OH is 1. The highest BCUT2D eigenvalue weighted by Crippen LogP contribution is 2.45. The van der Waals surface area contributed by atoms with Gasteiger partial charge in [0.1, 0.15) is 0 Å². The largest absolute Gasteiger partial charge is 0.480 e. The van der Waals surface area contributed by atoms with Gasteiger partial charge in [0.2, 0.25) is 0 Å². The van der Waals surface area contributed by atoms with Crippen LogP contribution in [0.1, 0.15) is 45.4 Å². The van der Waals surface area contributed by atoms with Gasteiger partial charge >= 0.3 is 12.0 Å². The Morgan fingerprint density at radius 1 is 1.16 bits per heavy atom. The number of nitrogens with one attached hydrogen (secondary N) is 2. The highest BCUT2D eigenvalue weighted by atomic mass is 16.4. The van der Waals surface area contributed by atoms with Crippen LogP contribution in [0.5, 0.6) is 0 Å². The number of carbonyl (C=O) groups is 2. The summed E-state index contributed by atoms with van der Waals surface area (Å²) in [6.45, 7) is 2.88. The number of aliphatic hydroxyl groups is 1. The van der Waals surface area contributed by atoms with Crippen LogP contribution in [-0.2, 0) is 4.79 Å². The Morgan fingerprint density at radius 3 is 2.28 bits per heavy atom. The fourth-order valence-electron chi connectivity index (χ4n) is 4.17. The molecule has 3 aliphatic carbocycles. The van der Waals surface area contributed by atoms with Gasteiger partial charge in [0.25, 0.3) is 0 Å². The van der Waals surface area contributed by atoms with Crippen molar-refractivity contribution in [1.29, 1.82) is 0 Å². The van der Waals surface area contributed by atoms with E-state index in [-0.39, 0.29) is 43.2 Å². The molecule has 25 heavy (non-hydrogen) atoms. The molecule has 4 N–H and O–H groups in total. The van der Waals surface area contributed by atoms with Gasteiger partial charge in [0.15, 0.2) is 0 Å². The molecule has 0 aliphatic heterocycles. The van der Waals surface area contributed by atoms with E-state index in [0.29, 0.717) is 18.4 Å². The summed E-state index contributed by atoms with van der Waals surface area (Å²) >= 11 is 0. The van der Waals surface area contributed by atoms with Crippen molar-refractivity contribution < 1.29 is 19.8 Å². The van der Waals surface area contributed by atoms with E-state index < -0.39 is 5.97 Å². The molecule has 0 radical (unpaired) electrons. The summed E-state index contributed by atoms with van der Waals surface area (Å²) in [4.78, 5) is 25.2. The summed E-state index contributed by atoms with van der Waals surface area (Å²) in [5, 5.41) is 24.8. The molecule has 2 unspecified atom stereocenters. The van der Waals surface area contributed by atoms with E-state index in [1.165, 1.54) is 12.8 Å². The SMILES string of the molecule is CCN(CC(=O)O)C1CC(NC(=O)NC(C2CC2)C(CO)C2CC2)C1. The lowest BCUT2D eigenvalue weighted by Crippen LogP contribution is -2.58. The van der Waals surface area contributed by atoms with E-state index >= 15 is 0 Å². The molecule has 2 atom stereocenters. The second kappa shape index (κ2) is 7.91. The monoisotopic (exact) mass is 353 g/mol. The lowest BCUT2D eigenvalue weighted by atomic mass is 9.85. The van der Waals surface area contributed by atoms with E-state index in [4.69, 9.17) is 5.11 Å². The topological polar surface area (TPSA) is 102 Å². The van der Waals surface area contributed by atoms with Crippen LogP contribution in [0.2, 0.25) is 0 Å². The Hall–Kier alpha value is -1.34. The number of hydrogen-bond donors (Lipinski definition) is 4. The minimum Gasteiger partial charge on any atom is -0.480 e. The van der Waals surface area contributed by atoms with E-state index in [1.54, 1.807) is 0 Å². The van der Waals surface area contributed by atoms with Crippen molar-refractivity contribution >= 4 is 12.0 Å². The summed E-state index contributed by atoms with van der Waals surface area (Å²) in [5.41, 5.74) is 0. The Morgan fingerprint density at radius 2 is 1.80 bits per heavy atom.